The number of benzene rings is 2. The van der Waals surface area contributed by atoms with E-state index < -0.39 is 0 Å². The number of thioether (sulfide) groups is 1. The molecule has 0 amide bonds. The van der Waals surface area contributed by atoms with Gasteiger partial charge in [-0.05, 0) is 42.2 Å². The first kappa shape index (κ1) is 15.5. The van der Waals surface area contributed by atoms with Crippen molar-refractivity contribution >= 4 is 17.7 Å². The normalized spacial score (nSPS) is 10.7. The van der Waals surface area contributed by atoms with Crippen LogP contribution in [0.25, 0.3) is 11.3 Å². The number of aromatic nitrogens is 2. The SMILES string of the molecule is CSc1cc(-c2ccc(F)cc2)nn1C(=O)Cc1ccccc1. The number of hydrogen-bond acceptors (Lipinski definition) is 3. The lowest BCUT2D eigenvalue weighted by molar-refractivity contribution is 0.0888. The van der Waals surface area contributed by atoms with Crippen LogP contribution < -0.4 is 0 Å². The van der Waals surface area contributed by atoms with Gasteiger partial charge in [-0.1, -0.05) is 30.3 Å². The predicted octanol–water partition coefficient (Wildman–Crippen LogP) is 4.29. The van der Waals surface area contributed by atoms with Crippen molar-refractivity contribution in [3.05, 3.63) is 72.0 Å². The second kappa shape index (κ2) is 6.79. The quantitative estimate of drug-likeness (QED) is 0.671. The molecular formula is C18H15FN2OS. The molecule has 0 saturated heterocycles. The average Bonchev–Trinajstić information content (AvgIpc) is 3.01. The van der Waals surface area contributed by atoms with Crippen LogP contribution in [0.3, 0.4) is 0 Å². The molecule has 0 aliphatic rings. The van der Waals surface area contributed by atoms with Crippen molar-refractivity contribution in [1.29, 1.82) is 0 Å². The van der Waals surface area contributed by atoms with Crippen LogP contribution in [-0.2, 0) is 6.42 Å². The summed E-state index contributed by atoms with van der Waals surface area (Å²) in [5, 5.41) is 5.17. The van der Waals surface area contributed by atoms with Crippen molar-refractivity contribution in [2.24, 2.45) is 0 Å². The van der Waals surface area contributed by atoms with E-state index in [9.17, 15) is 9.18 Å². The molecule has 0 atom stereocenters. The molecule has 5 heteroatoms. The van der Waals surface area contributed by atoms with Crippen LogP contribution >= 0.6 is 11.8 Å². The Morgan fingerprint density at radius 1 is 1.13 bits per heavy atom. The van der Waals surface area contributed by atoms with Crippen molar-refractivity contribution in [2.75, 3.05) is 6.26 Å². The van der Waals surface area contributed by atoms with Gasteiger partial charge in [0.2, 0.25) is 0 Å². The fraction of sp³-hybridized carbons (Fsp3) is 0.111. The maximum atomic E-state index is 13.0. The summed E-state index contributed by atoms with van der Waals surface area (Å²) in [6.45, 7) is 0. The zero-order valence-electron chi connectivity index (χ0n) is 12.6. The molecule has 0 spiro atoms. The van der Waals surface area contributed by atoms with E-state index in [1.54, 1.807) is 12.1 Å². The van der Waals surface area contributed by atoms with E-state index in [-0.39, 0.29) is 11.7 Å². The van der Waals surface area contributed by atoms with E-state index in [1.807, 2.05) is 42.7 Å². The maximum absolute atomic E-state index is 13.0. The van der Waals surface area contributed by atoms with E-state index in [4.69, 9.17) is 0 Å². The van der Waals surface area contributed by atoms with E-state index in [0.29, 0.717) is 12.1 Å². The Morgan fingerprint density at radius 2 is 1.83 bits per heavy atom. The zero-order valence-corrected chi connectivity index (χ0v) is 13.4. The van der Waals surface area contributed by atoms with E-state index in [2.05, 4.69) is 5.10 Å². The third-order valence-electron chi connectivity index (χ3n) is 3.46. The van der Waals surface area contributed by atoms with Crippen LogP contribution in [0.5, 0.6) is 0 Å². The highest BCUT2D eigenvalue weighted by molar-refractivity contribution is 7.98. The average molecular weight is 326 g/mol. The van der Waals surface area contributed by atoms with Crippen LogP contribution in [0.15, 0.2) is 65.7 Å². The Labute approximate surface area is 138 Å². The number of rotatable bonds is 4. The Balaban J connectivity index is 1.90. The molecule has 0 aliphatic carbocycles. The summed E-state index contributed by atoms with van der Waals surface area (Å²) in [4.78, 5) is 12.5. The Hall–Kier alpha value is -2.40. The number of halogens is 1. The van der Waals surface area contributed by atoms with Gasteiger partial charge in [0, 0.05) is 5.56 Å². The standard InChI is InChI=1S/C18H15FN2OS/c1-23-18-12-16(14-7-9-15(19)10-8-14)20-21(18)17(22)11-13-5-3-2-4-6-13/h2-10,12H,11H2,1H3. The van der Waals surface area contributed by atoms with Crippen LogP contribution in [0.1, 0.15) is 10.4 Å². The first-order chi connectivity index (χ1) is 11.2. The van der Waals surface area contributed by atoms with Crippen LogP contribution in [0.4, 0.5) is 4.39 Å². The van der Waals surface area contributed by atoms with Gasteiger partial charge in [-0.3, -0.25) is 4.79 Å². The topological polar surface area (TPSA) is 34.9 Å². The molecule has 2 aromatic carbocycles. The Morgan fingerprint density at radius 3 is 2.48 bits per heavy atom. The minimum Gasteiger partial charge on any atom is -0.272 e. The third kappa shape index (κ3) is 3.51. The van der Waals surface area contributed by atoms with Gasteiger partial charge in [0.25, 0.3) is 5.91 Å². The highest BCUT2D eigenvalue weighted by Gasteiger charge is 2.15. The largest absolute Gasteiger partial charge is 0.272 e. The van der Waals surface area contributed by atoms with Crippen molar-refractivity contribution in [1.82, 2.24) is 9.78 Å². The van der Waals surface area contributed by atoms with Crippen LogP contribution in [0, 0.1) is 5.82 Å². The molecule has 23 heavy (non-hydrogen) atoms. The van der Waals surface area contributed by atoms with Crippen molar-refractivity contribution < 1.29 is 9.18 Å². The summed E-state index contributed by atoms with van der Waals surface area (Å²) in [6.07, 6.45) is 2.19. The van der Waals surface area contributed by atoms with Gasteiger partial charge in [-0.25, -0.2) is 4.39 Å². The summed E-state index contributed by atoms with van der Waals surface area (Å²) in [7, 11) is 0. The van der Waals surface area contributed by atoms with Crippen molar-refractivity contribution in [3.63, 3.8) is 0 Å². The number of carbonyl (C=O) groups is 1. The summed E-state index contributed by atoms with van der Waals surface area (Å²) in [5.41, 5.74) is 2.40. The number of carbonyl (C=O) groups excluding carboxylic acids is 1. The Kier molecular flexibility index (Phi) is 4.57. The molecule has 116 valence electrons. The highest BCUT2D eigenvalue weighted by atomic mass is 32.2. The minimum absolute atomic E-state index is 0.0890. The first-order valence-corrected chi connectivity index (χ1v) is 8.37. The summed E-state index contributed by atoms with van der Waals surface area (Å²) < 4.78 is 14.5. The molecule has 0 unspecified atom stereocenters. The second-order valence-electron chi connectivity index (χ2n) is 5.05. The summed E-state index contributed by atoms with van der Waals surface area (Å²) >= 11 is 1.46. The molecule has 0 aliphatic heterocycles. The lowest BCUT2D eigenvalue weighted by atomic mass is 10.1. The van der Waals surface area contributed by atoms with E-state index >= 15 is 0 Å². The van der Waals surface area contributed by atoms with Crippen molar-refractivity contribution in [2.45, 2.75) is 11.4 Å². The third-order valence-corrected chi connectivity index (χ3v) is 4.17. The van der Waals surface area contributed by atoms with Crippen LogP contribution in [-0.4, -0.2) is 21.9 Å². The van der Waals surface area contributed by atoms with E-state index in [0.717, 1.165) is 16.2 Å². The minimum atomic E-state index is -0.293. The number of nitrogens with zero attached hydrogens (tertiary/aromatic N) is 2. The summed E-state index contributed by atoms with van der Waals surface area (Å²) in [5.74, 6) is -0.382. The van der Waals surface area contributed by atoms with Gasteiger partial charge >= 0.3 is 0 Å². The number of hydrogen-bond donors (Lipinski definition) is 0. The molecule has 3 nitrogen and oxygen atoms in total. The van der Waals surface area contributed by atoms with Gasteiger partial charge in [0.1, 0.15) is 10.8 Å². The van der Waals surface area contributed by atoms with Gasteiger partial charge in [0.05, 0.1) is 12.1 Å². The molecule has 1 aromatic heterocycles. The molecule has 1 heterocycles. The molecule has 0 N–H and O–H groups in total. The lowest BCUT2D eigenvalue weighted by Gasteiger charge is -2.04. The van der Waals surface area contributed by atoms with Gasteiger partial charge < -0.3 is 0 Å². The maximum Gasteiger partial charge on any atom is 0.252 e. The molecule has 0 saturated carbocycles. The molecule has 3 aromatic rings. The lowest BCUT2D eigenvalue weighted by Crippen LogP contribution is -2.16. The van der Waals surface area contributed by atoms with Gasteiger partial charge in [0.15, 0.2) is 0 Å². The molecular weight excluding hydrogens is 311 g/mol. The fourth-order valence-corrected chi connectivity index (χ4v) is 2.84. The van der Waals surface area contributed by atoms with Crippen LogP contribution in [0.2, 0.25) is 0 Å². The zero-order chi connectivity index (χ0) is 16.2. The first-order valence-electron chi connectivity index (χ1n) is 7.14. The molecule has 0 radical (unpaired) electrons. The second-order valence-corrected chi connectivity index (χ2v) is 5.87. The highest BCUT2D eigenvalue weighted by Crippen LogP contribution is 2.24. The molecule has 0 fully saturated rings. The summed E-state index contributed by atoms with van der Waals surface area (Å²) in [6, 6.07) is 17.5. The molecule has 0 bridgehead atoms. The van der Waals surface area contributed by atoms with Gasteiger partial charge in [-0.2, -0.15) is 9.78 Å². The fourth-order valence-electron chi connectivity index (χ4n) is 2.30. The van der Waals surface area contributed by atoms with E-state index in [1.165, 1.54) is 28.6 Å². The monoisotopic (exact) mass is 326 g/mol. The molecule has 3 rings (SSSR count). The van der Waals surface area contributed by atoms with Gasteiger partial charge in [-0.15, -0.1) is 11.8 Å². The van der Waals surface area contributed by atoms with Crippen molar-refractivity contribution in [3.8, 4) is 11.3 Å². The predicted molar refractivity (Wildman–Crippen MR) is 90.2 cm³/mol. The smallest absolute Gasteiger partial charge is 0.252 e. The Bertz CT molecular complexity index is 813.